The van der Waals surface area contributed by atoms with Crippen LogP contribution < -0.4 is 9.80 Å². The van der Waals surface area contributed by atoms with E-state index in [0.717, 1.165) is 122 Å². The molecule has 101 heavy (non-hydrogen) atoms. The van der Waals surface area contributed by atoms with Crippen molar-refractivity contribution in [2.45, 2.75) is 0 Å². The summed E-state index contributed by atoms with van der Waals surface area (Å²) < 4.78 is 12.0. The highest BCUT2D eigenvalue weighted by molar-refractivity contribution is 7.26. The Bertz CT molecular complexity index is 6520. The van der Waals surface area contributed by atoms with Crippen LogP contribution in [0.3, 0.4) is 0 Å². The van der Waals surface area contributed by atoms with Gasteiger partial charge in [0.15, 0.2) is 23.3 Å². The van der Waals surface area contributed by atoms with E-state index in [2.05, 4.69) is 259 Å². The molecule has 0 aliphatic rings. The Morgan fingerprint density at radius 3 is 1.24 bits per heavy atom. The van der Waals surface area contributed by atoms with Gasteiger partial charge < -0.3 is 14.2 Å². The molecule has 0 radical (unpaired) electrons. The number of thiophene rings is 2. The quantitative estimate of drug-likeness (QED) is 0.112. The molecule has 15 aromatic carbocycles. The molecule has 472 valence electrons. The molecule has 0 saturated heterocycles. The molecule has 0 N–H and O–H groups in total. The lowest BCUT2D eigenvalue weighted by atomic mass is 9.92. The van der Waals surface area contributed by atoms with Gasteiger partial charge in [-0.3, -0.25) is 0 Å². The fourth-order valence-electron chi connectivity index (χ4n) is 14.7. The van der Waals surface area contributed by atoms with Crippen molar-refractivity contribution in [2.75, 3.05) is 9.80 Å². The highest BCUT2D eigenvalue weighted by Crippen LogP contribution is 2.49. The van der Waals surface area contributed by atoms with Crippen LogP contribution in [0.25, 0.3) is 163 Å². The predicted octanol–water partition coefficient (Wildman–Crippen LogP) is 25.7. The zero-order valence-corrected chi connectivity index (χ0v) is 55.7. The molecule has 0 saturated carbocycles. The lowest BCUT2D eigenvalue weighted by Gasteiger charge is -2.26. The number of anilines is 6. The Balaban J connectivity index is 0.720. The van der Waals surface area contributed by atoms with Crippen LogP contribution >= 0.6 is 22.7 Å². The number of nitrogens with zero attached hydrogens (tertiary/aromatic N) is 7. The van der Waals surface area contributed by atoms with E-state index in [1.807, 2.05) is 108 Å². The van der Waals surface area contributed by atoms with E-state index < -0.39 is 0 Å². The Morgan fingerprint density at radius 2 is 0.614 bits per heavy atom. The lowest BCUT2D eigenvalue weighted by molar-refractivity contribution is 0.669. The van der Waals surface area contributed by atoms with Crippen molar-refractivity contribution in [3.8, 4) is 68.1 Å². The van der Waals surface area contributed by atoms with Crippen LogP contribution in [-0.4, -0.2) is 24.9 Å². The molecule has 8 nitrogen and oxygen atoms in total. The van der Waals surface area contributed by atoms with Crippen molar-refractivity contribution in [3.05, 3.63) is 334 Å². The van der Waals surface area contributed by atoms with Gasteiger partial charge in [0.2, 0.25) is 0 Å². The third kappa shape index (κ3) is 10.1. The van der Waals surface area contributed by atoms with Crippen LogP contribution in [0.2, 0.25) is 0 Å². The van der Waals surface area contributed by atoms with Crippen molar-refractivity contribution in [1.82, 2.24) is 24.9 Å². The van der Waals surface area contributed by atoms with Crippen LogP contribution in [0.5, 0.6) is 0 Å². The van der Waals surface area contributed by atoms with Gasteiger partial charge in [0, 0.05) is 108 Å². The maximum absolute atomic E-state index is 7.01. The van der Waals surface area contributed by atoms with Crippen molar-refractivity contribution >= 4 is 151 Å². The average Bonchev–Trinajstić information content (AvgIpc) is 0.967. The van der Waals surface area contributed by atoms with Gasteiger partial charge in [0.25, 0.3) is 0 Å². The summed E-state index contributed by atoms with van der Waals surface area (Å²) in [4.78, 5) is 30.3. The van der Waals surface area contributed by atoms with Crippen molar-refractivity contribution in [3.63, 3.8) is 0 Å². The molecule has 0 fully saturated rings. The molecule has 20 rings (SSSR count). The fourth-order valence-corrected chi connectivity index (χ4v) is 17.0. The van der Waals surface area contributed by atoms with Gasteiger partial charge in [-0.25, -0.2) is 24.9 Å². The molecular weight excluding hydrogens is 1270 g/mol. The number of benzene rings is 15. The van der Waals surface area contributed by atoms with Gasteiger partial charge in [-0.05, 0) is 154 Å². The molecule has 0 aliphatic heterocycles. The first-order valence-corrected chi connectivity index (χ1v) is 35.4. The Morgan fingerprint density at radius 1 is 0.218 bits per heavy atom. The zero-order chi connectivity index (χ0) is 66.5. The molecule has 10 heteroatoms. The van der Waals surface area contributed by atoms with Crippen LogP contribution in [0.4, 0.5) is 34.1 Å². The molecule has 0 atom stereocenters. The van der Waals surface area contributed by atoms with Crippen LogP contribution in [-0.2, 0) is 0 Å². The molecule has 5 aromatic heterocycles. The number of hydrogen-bond donors (Lipinski definition) is 0. The summed E-state index contributed by atoms with van der Waals surface area (Å²) in [6.07, 6.45) is 0. The van der Waals surface area contributed by atoms with Crippen molar-refractivity contribution < 1.29 is 4.42 Å². The fraction of sp³-hybridized carbons (Fsp3) is 0. The van der Waals surface area contributed by atoms with Crippen molar-refractivity contribution in [2.24, 2.45) is 0 Å². The molecule has 0 unspecified atom stereocenters. The van der Waals surface area contributed by atoms with Crippen LogP contribution in [0.15, 0.2) is 338 Å². The minimum absolute atomic E-state index is 0.600. The first-order chi connectivity index (χ1) is 50.0. The van der Waals surface area contributed by atoms with E-state index in [0.29, 0.717) is 23.3 Å². The summed E-state index contributed by atoms with van der Waals surface area (Å²) in [5, 5.41) is 13.9. The molecule has 0 spiro atoms. The Hall–Kier alpha value is -13.0. The molecular formula is C91H55N7OS2. The van der Waals surface area contributed by atoms with Gasteiger partial charge in [-0.1, -0.05) is 212 Å². The lowest BCUT2D eigenvalue weighted by Crippen LogP contribution is -2.10. The third-order valence-corrected chi connectivity index (χ3v) is 21.8. The van der Waals surface area contributed by atoms with E-state index in [4.69, 9.17) is 29.3 Å². The average molecular weight is 1330 g/mol. The SMILES string of the molecule is c1ccc(-c2cc(-c3ccc(N(c4ccc5sc6ccccc6c5c4)c4ccc5c(c4)c4ccccc4c4cc6c(cc54)oc4ccc(N(c5ccc(-c7nc(-c8ccccc8)nc(-c8ccccc8)n7)cc5)c5cccc7c5sc5ccccc57)cc46)cc3)nc(-c3ccccc3)n2)cc1. The van der Waals surface area contributed by atoms with Crippen LogP contribution in [0, 0.1) is 0 Å². The van der Waals surface area contributed by atoms with E-state index in [1.54, 1.807) is 0 Å². The minimum Gasteiger partial charge on any atom is -0.456 e. The summed E-state index contributed by atoms with van der Waals surface area (Å²) in [6.45, 7) is 0. The van der Waals surface area contributed by atoms with Gasteiger partial charge in [0.05, 0.1) is 21.8 Å². The minimum atomic E-state index is 0.600. The summed E-state index contributed by atoms with van der Waals surface area (Å²) in [5.41, 5.74) is 15.3. The molecule has 20 aromatic rings. The maximum Gasteiger partial charge on any atom is 0.164 e. The normalized spacial score (nSPS) is 11.8. The number of fused-ring (bicyclic) bond motifs is 15. The smallest absolute Gasteiger partial charge is 0.164 e. The Labute approximate surface area is 588 Å². The molecule has 0 bridgehead atoms. The van der Waals surface area contributed by atoms with E-state index >= 15 is 0 Å². The maximum atomic E-state index is 7.01. The number of rotatable bonds is 12. The monoisotopic (exact) mass is 1330 g/mol. The Kier molecular flexibility index (Phi) is 13.8. The zero-order valence-electron chi connectivity index (χ0n) is 54.1. The molecule has 0 aliphatic carbocycles. The molecule has 0 amide bonds. The molecule has 5 heterocycles. The van der Waals surface area contributed by atoms with Gasteiger partial charge >= 0.3 is 0 Å². The largest absolute Gasteiger partial charge is 0.456 e. The van der Waals surface area contributed by atoms with Gasteiger partial charge in [-0.15, -0.1) is 22.7 Å². The predicted molar refractivity (Wildman–Crippen MR) is 423 cm³/mol. The third-order valence-electron chi connectivity index (χ3n) is 19.5. The summed E-state index contributed by atoms with van der Waals surface area (Å²) in [6, 6.07) is 119. The highest BCUT2D eigenvalue weighted by Gasteiger charge is 2.24. The second kappa shape index (κ2) is 23.9. The number of furan rings is 1. The van der Waals surface area contributed by atoms with Crippen LogP contribution in [0.1, 0.15) is 0 Å². The second-order valence-electron chi connectivity index (χ2n) is 25.5. The first kappa shape index (κ1) is 58.2. The van der Waals surface area contributed by atoms with Gasteiger partial charge in [-0.2, -0.15) is 0 Å². The highest BCUT2D eigenvalue weighted by atomic mass is 32.1. The van der Waals surface area contributed by atoms with E-state index in [-0.39, 0.29) is 0 Å². The topological polar surface area (TPSA) is 84.1 Å². The summed E-state index contributed by atoms with van der Waals surface area (Å²) in [7, 11) is 0. The van der Waals surface area contributed by atoms with Crippen molar-refractivity contribution in [1.29, 1.82) is 0 Å². The van der Waals surface area contributed by atoms with Gasteiger partial charge in [0.1, 0.15) is 11.2 Å². The van der Waals surface area contributed by atoms with E-state index in [1.165, 1.54) is 51.1 Å². The second-order valence-corrected chi connectivity index (χ2v) is 27.6. The summed E-state index contributed by atoms with van der Waals surface area (Å²) in [5.74, 6) is 2.52. The first-order valence-electron chi connectivity index (χ1n) is 33.8. The number of hydrogen-bond acceptors (Lipinski definition) is 10. The standard InChI is InChI=1S/C91H55N7OS2/c1-5-20-56(21-6-1)79-55-80(93-88(92-79)58-22-7-2-8-23-58)57-36-40-62(41-37-57)97(65-46-49-86-78(52-65)71-31-16-17-34-84(71)100-86)64-44-47-69-73(50-64)67-28-13-14-29-68(67)74-53-77-76-51-66(45-48-82(76)99-83(77)54-75(69)74)98(81-33-19-32-72-70-30-15-18-35-85(70)101-87(72)81)63-42-38-61(39-43-63)91-95-89(59-24-9-3-10-25-59)94-90(96-91)60-26-11-4-12-27-60/h1-55H. The number of aromatic nitrogens is 5. The summed E-state index contributed by atoms with van der Waals surface area (Å²) >= 11 is 3.66. The van der Waals surface area contributed by atoms with E-state index in [9.17, 15) is 0 Å².